The fourth-order valence-electron chi connectivity index (χ4n) is 3.45. The molecule has 2 aliphatic heterocycles. The molecule has 2 aromatic rings. The van der Waals surface area contributed by atoms with Crippen LogP contribution in [-0.2, 0) is 4.79 Å². The van der Waals surface area contributed by atoms with Crippen molar-refractivity contribution < 1.29 is 9.53 Å². The molecular weight excluding hydrogens is 370 g/mol. The third-order valence-electron chi connectivity index (χ3n) is 4.79. The second kappa shape index (κ2) is 7.48. The summed E-state index contributed by atoms with van der Waals surface area (Å²) in [5.41, 5.74) is 2.41. The first kappa shape index (κ1) is 18.3. The summed E-state index contributed by atoms with van der Waals surface area (Å²) in [7, 11) is 0. The third-order valence-corrected chi connectivity index (χ3v) is 5.20. The summed E-state index contributed by atoms with van der Waals surface area (Å²) in [6, 6.07) is 17.6. The van der Waals surface area contributed by atoms with Crippen LogP contribution in [0, 0.1) is 0 Å². The summed E-state index contributed by atoms with van der Waals surface area (Å²) in [6.07, 6.45) is 3.63. The molecular formula is C22H21N3O2S. The minimum atomic E-state index is -0.105. The number of rotatable bonds is 4. The summed E-state index contributed by atoms with van der Waals surface area (Å²) in [5.74, 6) is 1.40. The van der Waals surface area contributed by atoms with Gasteiger partial charge < -0.3 is 9.64 Å². The summed E-state index contributed by atoms with van der Waals surface area (Å²) >= 11 is 5.58. The molecule has 0 unspecified atom stereocenters. The number of hydrogen-bond acceptors (Lipinski definition) is 4. The van der Waals surface area contributed by atoms with E-state index in [0.717, 1.165) is 23.7 Å². The zero-order valence-electron chi connectivity index (χ0n) is 15.8. The number of ether oxygens (including phenoxy) is 1. The van der Waals surface area contributed by atoms with Crippen LogP contribution < -0.4 is 14.5 Å². The molecule has 4 rings (SSSR count). The molecule has 0 spiro atoms. The Hall–Kier alpha value is -3.12. The van der Waals surface area contributed by atoms with Crippen LogP contribution in [0.3, 0.4) is 0 Å². The Labute approximate surface area is 170 Å². The first-order valence-corrected chi connectivity index (χ1v) is 9.74. The van der Waals surface area contributed by atoms with E-state index in [-0.39, 0.29) is 5.91 Å². The number of fused-ring (bicyclic) bond motifs is 1. The van der Waals surface area contributed by atoms with Crippen molar-refractivity contribution in [1.82, 2.24) is 4.90 Å². The normalized spacial score (nSPS) is 19.0. The Morgan fingerprint density at radius 2 is 1.61 bits per heavy atom. The zero-order chi connectivity index (χ0) is 19.7. The van der Waals surface area contributed by atoms with Gasteiger partial charge >= 0.3 is 0 Å². The van der Waals surface area contributed by atoms with E-state index in [1.165, 1.54) is 0 Å². The van der Waals surface area contributed by atoms with E-state index in [2.05, 4.69) is 11.8 Å². The van der Waals surface area contributed by atoms with Gasteiger partial charge in [0.05, 0.1) is 5.69 Å². The minimum absolute atomic E-state index is 0.105. The van der Waals surface area contributed by atoms with Gasteiger partial charge in [-0.15, -0.1) is 0 Å². The Morgan fingerprint density at radius 1 is 0.929 bits per heavy atom. The third kappa shape index (κ3) is 2.96. The largest absolute Gasteiger partial charge is 0.439 e. The highest BCUT2D eigenvalue weighted by Gasteiger charge is 2.37. The lowest BCUT2D eigenvalue weighted by Gasteiger charge is -2.19. The molecule has 0 bridgehead atoms. The molecule has 0 saturated carbocycles. The molecule has 0 aliphatic carbocycles. The van der Waals surface area contributed by atoms with Crippen LogP contribution in [0.5, 0.6) is 5.75 Å². The smallest absolute Gasteiger partial charge is 0.277 e. The van der Waals surface area contributed by atoms with E-state index in [4.69, 9.17) is 17.0 Å². The monoisotopic (exact) mass is 391 g/mol. The number of amides is 1. The van der Waals surface area contributed by atoms with Crippen molar-refractivity contribution in [2.24, 2.45) is 0 Å². The number of thiocarbonyl (C=S) groups is 1. The van der Waals surface area contributed by atoms with Crippen molar-refractivity contribution in [3.05, 3.63) is 78.3 Å². The molecule has 5 nitrogen and oxygen atoms in total. The Balaban J connectivity index is 1.74. The number of likely N-dealkylation sites (N-methyl/N-ethyl adjacent to an activating group) is 1. The topological polar surface area (TPSA) is 36.0 Å². The van der Waals surface area contributed by atoms with Gasteiger partial charge in [0.1, 0.15) is 5.70 Å². The summed E-state index contributed by atoms with van der Waals surface area (Å²) in [4.78, 5) is 18.4. The van der Waals surface area contributed by atoms with E-state index in [9.17, 15) is 4.79 Å². The summed E-state index contributed by atoms with van der Waals surface area (Å²) in [6.45, 7) is 5.28. The Bertz CT molecular complexity index is 984. The number of carbonyl (C=O) groups excluding carboxylic acids is 1. The van der Waals surface area contributed by atoms with E-state index in [0.29, 0.717) is 23.2 Å². The standard InChI is InChI=1S/C22H21N3O2S/c1-3-23-17-12-8-9-13-19(17)27-20(23)15-14-18-21(26)24(4-2)22(28)25(18)16-10-6-5-7-11-16/h5-15H,3-4H2,1-2H3/b18-14?,20-15-. The SMILES string of the molecule is CCN1C(=O)C(=C/C=C2\Oc3ccccc3N2CC)N(c2ccccc2)C1=S. The van der Waals surface area contributed by atoms with Gasteiger partial charge in [-0.2, -0.15) is 0 Å². The van der Waals surface area contributed by atoms with E-state index >= 15 is 0 Å². The number of nitrogens with zero attached hydrogens (tertiary/aromatic N) is 3. The average Bonchev–Trinajstić information content (AvgIpc) is 3.20. The lowest BCUT2D eigenvalue weighted by atomic mass is 10.2. The molecule has 6 heteroatoms. The number of para-hydroxylation sites is 3. The number of benzene rings is 2. The Kier molecular flexibility index (Phi) is 4.88. The molecule has 1 amide bonds. The van der Waals surface area contributed by atoms with Crippen molar-refractivity contribution >= 4 is 34.6 Å². The van der Waals surface area contributed by atoms with Gasteiger partial charge in [-0.3, -0.25) is 14.6 Å². The van der Waals surface area contributed by atoms with Crippen molar-refractivity contribution in [3.8, 4) is 5.75 Å². The number of allylic oxidation sites excluding steroid dienone is 2. The van der Waals surface area contributed by atoms with Crippen LogP contribution >= 0.6 is 12.2 Å². The van der Waals surface area contributed by atoms with Gasteiger partial charge in [0.15, 0.2) is 10.9 Å². The van der Waals surface area contributed by atoms with Crippen molar-refractivity contribution in [3.63, 3.8) is 0 Å². The quantitative estimate of drug-likeness (QED) is 0.574. The van der Waals surface area contributed by atoms with E-state index in [1.807, 2.05) is 72.5 Å². The highest BCUT2D eigenvalue weighted by molar-refractivity contribution is 7.80. The number of hydrogen-bond donors (Lipinski definition) is 0. The molecule has 2 aliphatic rings. The first-order valence-electron chi connectivity index (χ1n) is 9.33. The van der Waals surface area contributed by atoms with Crippen LogP contribution in [0.15, 0.2) is 78.3 Å². The average molecular weight is 391 g/mol. The van der Waals surface area contributed by atoms with Crippen LogP contribution in [0.4, 0.5) is 11.4 Å². The molecule has 28 heavy (non-hydrogen) atoms. The predicted octanol–water partition coefficient (Wildman–Crippen LogP) is 4.28. The van der Waals surface area contributed by atoms with Gasteiger partial charge in [-0.25, -0.2) is 0 Å². The molecule has 1 saturated heterocycles. The highest BCUT2D eigenvalue weighted by Crippen LogP contribution is 2.38. The maximum atomic E-state index is 12.9. The van der Waals surface area contributed by atoms with Crippen LogP contribution in [0.25, 0.3) is 0 Å². The molecule has 2 heterocycles. The predicted molar refractivity (Wildman–Crippen MR) is 115 cm³/mol. The lowest BCUT2D eigenvalue weighted by molar-refractivity contribution is -0.122. The fraction of sp³-hybridized carbons (Fsp3) is 0.182. The number of anilines is 2. The molecule has 0 aromatic heterocycles. The lowest BCUT2D eigenvalue weighted by Crippen LogP contribution is -2.32. The van der Waals surface area contributed by atoms with E-state index < -0.39 is 0 Å². The van der Waals surface area contributed by atoms with Gasteiger partial charge in [0, 0.05) is 24.9 Å². The van der Waals surface area contributed by atoms with Crippen LogP contribution in [0.2, 0.25) is 0 Å². The second-order valence-electron chi connectivity index (χ2n) is 6.37. The van der Waals surface area contributed by atoms with Gasteiger partial charge in [-0.1, -0.05) is 30.3 Å². The molecule has 1 fully saturated rings. The fourth-order valence-corrected chi connectivity index (χ4v) is 3.86. The Morgan fingerprint density at radius 3 is 2.32 bits per heavy atom. The summed E-state index contributed by atoms with van der Waals surface area (Å²) in [5, 5.41) is 0.492. The van der Waals surface area contributed by atoms with Crippen molar-refractivity contribution in [1.29, 1.82) is 0 Å². The van der Waals surface area contributed by atoms with Crippen LogP contribution in [0.1, 0.15) is 13.8 Å². The zero-order valence-corrected chi connectivity index (χ0v) is 16.6. The van der Waals surface area contributed by atoms with Crippen molar-refractivity contribution in [2.45, 2.75) is 13.8 Å². The highest BCUT2D eigenvalue weighted by atomic mass is 32.1. The number of carbonyl (C=O) groups is 1. The molecule has 0 radical (unpaired) electrons. The second-order valence-corrected chi connectivity index (χ2v) is 6.74. The van der Waals surface area contributed by atoms with E-state index in [1.54, 1.807) is 11.0 Å². The first-order chi connectivity index (χ1) is 13.7. The maximum Gasteiger partial charge on any atom is 0.277 e. The minimum Gasteiger partial charge on any atom is -0.439 e. The molecule has 0 N–H and O–H groups in total. The van der Waals surface area contributed by atoms with Crippen LogP contribution in [-0.4, -0.2) is 29.0 Å². The summed E-state index contributed by atoms with van der Waals surface area (Å²) < 4.78 is 5.99. The maximum absolute atomic E-state index is 12.9. The molecule has 0 atom stereocenters. The van der Waals surface area contributed by atoms with Gasteiger partial charge in [0.25, 0.3) is 5.91 Å². The van der Waals surface area contributed by atoms with Gasteiger partial charge in [-0.05, 0) is 56.4 Å². The van der Waals surface area contributed by atoms with Gasteiger partial charge in [0.2, 0.25) is 5.88 Å². The molecule has 2 aromatic carbocycles. The molecule has 142 valence electrons. The van der Waals surface area contributed by atoms with Crippen molar-refractivity contribution in [2.75, 3.05) is 22.9 Å².